The van der Waals surface area contributed by atoms with E-state index in [4.69, 9.17) is 10.5 Å². The summed E-state index contributed by atoms with van der Waals surface area (Å²) in [6.07, 6.45) is 1.94. The van der Waals surface area contributed by atoms with Gasteiger partial charge in [-0.25, -0.2) is 0 Å². The molecule has 0 spiro atoms. The molecular weight excluding hydrogens is 335 g/mol. The van der Waals surface area contributed by atoms with Crippen molar-refractivity contribution in [3.63, 3.8) is 0 Å². The molecule has 3 N–H and O–H groups in total. The van der Waals surface area contributed by atoms with Gasteiger partial charge in [0.25, 0.3) is 0 Å². The Kier molecular flexibility index (Phi) is 9.75. The van der Waals surface area contributed by atoms with E-state index in [1.165, 1.54) is 17.3 Å². The SMILES string of the molecule is CSC(N)=[NH+]CCOCc1ccccc1.[I-]. The summed E-state index contributed by atoms with van der Waals surface area (Å²) in [4.78, 5) is 3.05. The highest BCUT2D eigenvalue weighted by Gasteiger charge is 1.94. The zero-order valence-corrected chi connectivity index (χ0v) is 12.3. The summed E-state index contributed by atoms with van der Waals surface area (Å²) in [6.45, 7) is 2.07. The van der Waals surface area contributed by atoms with Crippen molar-refractivity contribution in [1.82, 2.24) is 0 Å². The van der Waals surface area contributed by atoms with E-state index >= 15 is 0 Å². The first-order chi connectivity index (χ1) is 7.33. The van der Waals surface area contributed by atoms with Crippen molar-refractivity contribution in [3.05, 3.63) is 35.9 Å². The molecule has 0 bridgehead atoms. The number of rotatable bonds is 5. The molecule has 0 aliphatic heterocycles. The third kappa shape index (κ3) is 7.08. The Morgan fingerprint density at radius 3 is 2.69 bits per heavy atom. The molecule has 1 aromatic carbocycles. The van der Waals surface area contributed by atoms with Crippen molar-refractivity contribution in [2.75, 3.05) is 19.4 Å². The molecular formula is C11H17IN2OS. The number of amidine groups is 1. The molecule has 16 heavy (non-hydrogen) atoms. The molecule has 0 heterocycles. The van der Waals surface area contributed by atoms with E-state index in [2.05, 4.69) is 17.1 Å². The number of ether oxygens (including phenoxy) is 1. The predicted molar refractivity (Wildman–Crippen MR) is 64.6 cm³/mol. The molecule has 0 aliphatic carbocycles. The van der Waals surface area contributed by atoms with Crippen LogP contribution in [0.4, 0.5) is 0 Å². The van der Waals surface area contributed by atoms with Crippen molar-refractivity contribution in [1.29, 1.82) is 0 Å². The van der Waals surface area contributed by atoms with Crippen molar-refractivity contribution in [3.8, 4) is 0 Å². The van der Waals surface area contributed by atoms with Gasteiger partial charge in [0, 0.05) is 0 Å². The summed E-state index contributed by atoms with van der Waals surface area (Å²) >= 11 is 1.51. The number of hydrogen-bond donors (Lipinski definition) is 2. The molecule has 0 unspecified atom stereocenters. The number of benzene rings is 1. The van der Waals surface area contributed by atoms with Crippen molar-refractivity contribution in [2.24, 2.45) is 5.73 Å². The first-order valence-corrected chi connectivity index (χ1v) is 6.07. The standard InChI is InChI=1S/C11H16N2OS.HI/c1-15-11(12)13-7-8-14-9-10-5-3-2-4-6-10;/h2-6H,7-9H2,1H3,(H2,12,13);1H. The summed E-state index contributed by atoms with van der Waals surface area (Å²) in [6, 6.07) is 10.1. The topological polar surface area (TPSA) is 49.2 Å². The zero-order valence-electron chi connectivity index (χ0n) is 9.28. The van der Waals surface area contributed by atoms with Crippen LogP contribution in [0.15, 0.2) is 30.3 Å². The van der Waals surface area contributed by atoms with Crippen molar-refractivity contribution < 1.29 is 33.7 Å². The van der Waals surface area contributed by atoms with Crippen LogP contribution in [0, 0.1) is 0 Å². The molecule has 5 heteroatoms. The molecule has 0 aromatic heterocycles. The van der Waals surface area contributed by atoms with Gasteiger partial charge < -0.3 is 28.7 Å². The lowest BCUT2D eigenvalue weighted by molar-refractivity contribution is -0.459. The van der Waals surface area contributed by atoms with Gasteiger partial charge in [-0.15, -0.1) is 0 Å². The van der Waals surface area contributed by atoms with Gasteiger partial charge in [-0.1, -0.05) is 30.3 Å². The van der Waals surface area contributed by atoms with Crippen LogP contribution in [0.1, 0.15) is 5.56 Å². The molecule has 0 amide bonds. The molecule has 0 saturated heterocycles. The minimum Gasteiger partial charge on any atom is -1.00 e. The molecule has 0 saturated carbocycles. The Balaban J connectivity index is 0.00000225. The van der Waals surface area contributed by atoms with Gasteiger partial charge in [0.15, 0.2) is 0 Å². The molecule has 0 atom stereocenters. The van der Waals surface area contributed by atoms with Gasteiger partial charge in [-0.2, -0.15) is 0 Å². The van der Waals surface area contributed by atoms with Crippen LogP contribution in [0.5, 0.6) is 0 Å². The van der Waals surface area contributed by atoms with E-state index in [-0.39, 0.29) is 24.0 Å². The van der Waals surface area contributed by atoms with Gasteiger partial charge in [0.2, 0.25) is 0 Å². The van der Waals surface area contributed by atoms with Crippen molar-refractivity contribution in [2.45, 2.75) is 6.61 Å². The molecule has 0 fully saturated rings. The summed E-state index contributed by atoms with van der Waals surface area (Å²) < 4.78 is 5.47. The van der Waals surface area contributed by atoms with Crippen LogP contribution in [0.2, 0.25) is 0 Å². The Hall–Kier alpha value is -0.270. The van der Waals surface area contributed by atoms with Crippen LogP contribution < -0.4 is 34.7 Å². The fourth-order valence-corrected chi connectivity index (χ4v) is 1.33. The Morgan fingerprint density at radius 2 is 2.06 bits per heavy atom. The van der Waals surface area contributed by atoms with Crippen LogP contribution >= 0.6 is 11.8 Å². The second-order valence-electron chi connectivity index (χ2n) is 3.03. The molecule has 3 nitrogen and oxygen atoms in total. The average Bonchev–Trinajstić information content (AvgIpc) is 2.29. The third-order valence-electron chi connectivity index (χ3n) is 1.88. The second-order valence-corrected chi connectivity index (χ2v) is 3.88. The first kappa shape index (κ1) is 15.7. The maximum absolute atomic E-state index is 5.58. The Morgan fingerprint density at radius 1 is 1.38 bits per heavy atom. The lowest BCUT2D eigenvalue weighted by Crippen LogP contribution is -3.00. The minimum atomic E-state index is 0. The number of halogens is 1. The normalized spacial score (nSPS) is 10.9. The van der Waals surface area contributed by atoms with E-state index in [0.717, 1.165) is 11.7 Å². The fraction of sp³-hybridized carbons (Fsp3) is 0.364. The van der Waals surface area contributed by atoms with E-state index in [0.29, 0.717) is 13.2 Å². The second kappa shape index (κ2) is 9.92. The van der Waals surface area contributed by atoms with E-state index in [1.54, 1.807) is 0 Å². The smallest absolute Gasteiger partial charge is 0.301 e. The predicted octanol–water partition coefficient (Wildman–Crippen LogP) is -3.03. The van der Waals surface area contributed by atoms with Crippen LogP contribution in [-0.2, 0) is 11.3 Å². The number of nitrogens with two attached hydrogens (primary N) is 1. The zero-order chi connectivity index (χ0) is 10.9. The highest BCUT2D eigenvalue weighted by molar-refractivity contribution is 8.12. The molecule has 1 rings (SSSR count). The summed E-state index contributed by atoms with van der Waals surface area (Å²) in [5.41, 5.74) is 6.77. The number of hydrogen-bond acceptors (Lipinski definition) is 2. The summed E-state index contributed by atoms with van der Waals surface area (Å²) in [7, 11) is 0. The van der Waals surface area contributed by atoms with E-state index in [9.17, 15) is 0 Å². The summed E-state index contributed by atoms with van der Waals surface area (Å²) in [5, 5.41) is 0.735. The maximum Gasteiger partial charge on any atom is 0.301 e. The fourth-order valence-electron chi connectivity index (χ4n) is 1.08. The lowest BCUT2D eigenvalue weighted by Gasteiger charge is -2.01. The lowest BCUT2D eigenvalue weighted by atomic mass is 10.2. The third-order valence-corrected chi connectivity index (χ3v) is 2.46. The Bertz CT molecular complexity index is 306. The monoisotopic (exact) mass is 352 g/mol. The largest absolute Gasteiger partial charge is 1.00 e. The van der Waals surface area contributed by atoms with Gasteiger partial charge in [0.05, 0.1) is 13.2 Å². The maximum atomic E-state index is 5.58. The van der Waals surface area contributed by atoms with Crippen LogP contribution in [0.25, 0.3) is 0 Å². The van der Waals surface area contributed by atoms with Gasteiger partial charge in [0.1, 0.15) is 6.54 Å². The quantitative estimate of drug-likeness (QED) is 0.257. The molecule has 90 valence electrons. The molecule has 1 aromatic rings. The number of thioether (sulfide) groups is 1. The van der Waals surface area contributed by atoms with E-state index < -0.39 is 0 Å². The van der Waals surface area contributed by atoms with Crippen molar-refractivity contribution >= 4 is 16.9 Å². The molecule has 0 radical (unpaired) electrons. The minimum absolute atomic E-state index is 0. The van der Waals surface area contributed by atoms with Crippen LogP contribution in [0.3, 0.4) is 0 Å². The molecule has 0 aliphatic rings. The highest BCUT2D eigenvalue weighted by Crippen LogP contribution is 1.99. The average molecular weight is 352 g/mol. The van der Waals surface area contributed by atoms with Gasteiger partial charge in [-0.05, 0) is 23.6 Å². The summed E-state index contributed by atoms with van der Waals surface area (Å²) in [5.74, 6) is 0. The number of nitrogens with one attached hydrogen (secondary N) is 1. The Labute approximate surface area is 118 Å². The van der Waals surface area contributed by atoms with Gasteiger partial charge >= 0.3 is 5.17 Å². The first-order valence-electron chi connectivity index (χ1n) is 4.85. The van der Waals surface area contributed by atoms with Gasteiger partial charge in [-0.3, -0.25) is 10.7 Å². The highest BCUT2D eigenvalue weighted by atomic mass is 127. The van der Waals surface area contributed by atoms with Crippen LogP contribution in [-0.4, -0.2) is 24.6 Å². The van der Waals surface area contributed by atoms with E-state index in [1.807, 2.05) is 24.5 Å².